The van der Waals surface area contributed by atoms with Gasteiger partial charge in [0.25, 0.3) is 0 Å². The molecule has 0 N–H and O–H groups in total. The van der Waals surface area contributed by atoms with Crippen LogP contribution in [0.25, 0.3) is 0 Å². The molecule has 0 aromatic heterocycles. The zero-order valence-electron chi connectivity index (χ0n) is 13.6. The third-order valence-corrected chi connectivity index (χ3v) is 6.92. The first-order chi connectivity index (χ1) is 13.4. The van der Waals surface area contributed by atoms with Crippen LogP contribution in [0.4, 0.5) is 0 Å². The molecule has 0 aliphatic rings. The van der Waals surface area contributed by atoms with Gasteiger partial charge in [0.1, 0.15) is 8.98 Å². The van der Waals surface area contributed by atoms with E-state index in [0.29, 0.717) is 0 Å². The zero-order valence-corrected chi connectivity index (χ0v) is 21.3. The Morgan fingerprint density at radius 1 is 0.690 bits per heavy atom. The summed E-state index contributed by atoms with van der Waals surface area (Å²) < 4.78 is 3.86. The fourth-order valence-corrected chi connectivity index (χ4v) is 4.35. The highest BCUT2D eigenvalue weighted by atomic mass is 35.5. The van der Waals surface area contributed by atoms with Crippen molar-refractivity contribution < 1.29 is 14.6 Å². The van der Waals surface area contributed by atoms with Gasteiger partial charge in [0.2, 0.25) is 0 Å². The standard InChI is InChI=1S/C12H8Cl8N2O5S2/c13-5(9(15)16)7(21(23)24)11(19)28-3-1-27-2-4-29-12(20)8(22(25)26)6(14)10(17)18/h1-4H2/b11-7-,12-8-. The molecule has 0 aliphatic carbocycles. The Hall–Kier alpha value is 0.740. The van der Waals surface area contributed by atoms with Gasteiger partial charge in [-0.05, 0) is 0 Å². The minimum Gasteiger partial charge on any atom is -0.380 e. The average Bonchev–Trinajstić information content (AvgIpc) is 2.60. The van der Waals surface area contributed by atoms with Gasteiger partial charge in [0.05, 0.1) is 23.1 Å². The highest BCUT2D eigenvalue weighted by Crippen LogP contribution is 2.35. The molecule has 0 aliphatic heterocycles. The van der Waals surface area contributed by atoms with Crippen molar-refractivity contribution in [2.24, 2.45) is 0 Å². The Morgan fingerprint density at radius 2 is 1.00 bits per heavy atom. The van der Waals surface area contributed by atoms with Gasteiger partial charge in [-0.15, -0.1) is 23.5 Å². The molecule has 0 atom stereocenters. The van der Waals surface area contributed by atoms with Crippen LogP contribution in [0.3, 0.4) is 0 Å². The molecule has 0 aromatic carbocycles. The minimum absolute atomic E-state index is 0.153. The molecule has 0 radical (unpaired) electrons. The molecule has 0 bridgehead atoms. The number of nitro groups is 2. The Labute approximate surface area is 213 Å². The number of ether oxygens (including phenoxy) is 1. The van der Waals surface area contributed by atoms with Crippen molar-refractivity contribution in [3.8, 4) is 0 Å². The first-order valence-electron chi connectivity index (χ1n) is 6.75. The Bertz CT molecular complexity index is 701. The molecule has 0 fully saturated rings. The maximum atomic E-state index is 11.0. The van der Waals surface area contributed by atoms with Crippen LogP contribution < -0.4 is 0 Å². The SMILES string of the molecule is O=[N+]([O-])/C(C(Cl)=C(Cl)Cl)=C(/Cl)SCCOCCS/C(Cl)=C(/C(Cl)=C(Cl)Cl)[N+](=O)[O-]. The van der Waals surface area contributed by atoms with Crippen molar-refractivity contribution >= 4 is 116 Å². The van der Waals surface area contributed by atoms with Gasteiger partial charge in [0.15, 0.2) is 18.8 Å². The molecule has 17 heteroatoms. The second-order valence-electron chi connectivity index (χ2n) is 4.22. The summed E-state index contributed by atoms with van der Waals surface area (Å²) in [5.41, 5.74) is -1.25. The summed E-state index contributed by atoms with van der Waals surface area (Å²) in [6.45, 7) is 0.306. The van der Waals surface area contributed by atoms with Gasteiger partial charge >= 0.3 is 11.4 Å². The molecule has 29 heavy (non-hydrogen) atoms. The largest absolute Gasteiger partial charge is 0.380 e. The monoisotopic (exact) mass is 604 g/mol. The number of hydrogen-bond acceptors (Lipinski definition) is 7. The summed E-state index contributed by atoms with van der Waals surface area (Å²) in [7, 11) is 0. The normalized spacial score (nSPS) is 12.7. The van der Waals surface area contributed by atoms with E-state index in [2.05, 4.69) is 0 Å². The number of rotatable bonds is 12. The second kappa shape index (κ2) is 15.5. The molecule has 0 unspecified atom stereocenters. The van der Waals surface area contributed by atoms with Crippen LogP contribution in [0.1, 0.15) is 0 Å². The van der Waals surface area contributed by atoms with Crippen molar-refractivity contribution in [1.82, 2.24) is 0 Å². The van der Waals surface area contributed by atoms with Crippen molar-refractivity contribution in [3.63, 3.8) is 0 Å². The van der Waals surface area contributed by atoms with Crippen molar-refractivity contribution in [1.29, 1.82) is 0 Å². The van der Waals surface area contributed by atoms with E-state index in [1.807, 2.05) is 0 Å². The fourth-order valence-electron chi connectivity index (χ4n) is 1.27. The molecular weight excluding hydrogens is 600 g/mol. The maximum absolute atomic E-state index is 11.0. The predicted octanol–water partition coefficient (Wildman–Crippen LogP) is 7.61. The summed E-state index contributed by atoms with van der Waals surface area (Å²) in [6, 6.07) is 0. The van der Waals surface area contributed by atoms with E-state index in [0.717, 1.165) is 23.5 Å². The van der Waals surface area contributed by atoms with Crippen molar-refractivity contribution in [2.75, 3.05) is 24.7 Å². The smallest absolute Gasteiger partial charge is 0.315 e. The Balaban J connectivity index is 4.62. The molecule has 0 spiro atoms. The molecule has 0 saturated heterocycles. The Kier molecular flexibility index (Phi) is 15.9. The number of allylic oxidation sites excluding steroid dienone is 2. The number of hydrogen-bond donors (Lipinski definition) is 0. The third-order valence-electron chi connectivity index (χ3n) is 2.40. The predicted molar refractivity (Wildman–Crippen MR) is 125 cm³/mol. The van der Waals surface area contributed by atoms with Crippen molar-refractivity contribution in [3.05, 3.63) is 59.4 Å². The lowest BCUT2D eigenvalue weighted by atomic mass is 10.5. The summed E-state index contributed by atoms with van der Waals surface area (Å²) >= 11 is 46.6. The van der Waals surface area contributed by atoms with Crippen LogP contribution in [0.2, 0.25) is 0 Å². The molecule has 164 valence electrons. The molecule has 0 aromatic rings. The van der Waals surface area contributed by atoms with E-state index in [1.54, 1.807) is 0 Å². The Morgan fingerprint density at radius 3 is 1.24 bits per heavy atom. The lowest BCUT2D eigenvalue weighted by molar-refractivity contribution is -0.419. The van der Waals surface area contributed by atoms with Crippen molar-refractivity contribution in [2.45, 2.75) is 0 Å². The maximum Gasteiger partial charge on any atom is 0.315 e. The van der Waals surface area contributed by atoms with Gasteiger partial charge in [-0.2, -0.15) is 0 Å². The van der Waals surface area contributed by atoms with Crippen LogP contribution >= 0.6 is 116 Å². The first kappa shape index (κ1) is 29.7. The highest BCUT2D eigenvalue weighted by Gasteiger charge is 2.25. The number of halogens is 8. The van der Waals surface area contributed by atoms with Crippen LogP contribution in [0.15, 0.2) is 39.2 Å². The quantitative estimate of drug-likeness (QED) is 0.0975. The molecular formula is C12H8Cl8N2O5S2. The summed E-state index contributed by atoms with van der Waals surface area (Å²) in [4.78, 5) is 20.4. The van der Waals surface area contributed by atoms with E-state index < -0.39 is 40.3 Å². The van der Waals surface area contributed by atoms with Gasteiger partial charge in [0, 0.05) is 11.5 Å². The van der Waals surface area contributed by atoms with Crippen LogP contribution in [0, 0.1) is 20.2 Å². The first-order valence-corrected chi connectivity index (χ1v) is 11.7. The lowest BCUT2D eigenvalue weighted by Crippen LogP contribution is -2.05. The minimum atomic E-state index is -0.812. The lowest BCUT2D eigenvalue weighted by Gasteiger charge is -2.05. The molecule has 0 heterocycles. The zero-order chi connectivity index (χ0) is 22.7. The van der Waals surface area contributed by atoms with Crippen LogP contribution in [0.5, 0.6) is 0 Å². The van der Waals surface area contributed by atoms with E-state index in [-0.39, 0.29) is 33.4 Å². The summed E-state index contributed by atoms with van der Waals surface area (Å²) in [5, 5.41) is 21.0. The van der Waals surface area contributed by atoms with Gasteiger partial charge in [-0.1, -0.05) is 92.8 Å². The van der Waals surface area contributed by atoms with E-state index in [4.69, 9.17) is 97.5 Å². The highest BCUT2D eigenvalue weighted by molar-refractivity contribution is 8.04. The molecule has 7 nitrogen and oxygen atoms in total. The average molecular weight is 608 g/mol. The third kappa shape index (κ3) is 11.2. The number of nitrogens with zero attached hydrogens (tertiary/aromatic N) is 2. The summed E-state index contributed by atoms with van der Waals surface area (Å²) in [5.74, 6) is 0.482. The summed E-state index contributed by atoms with van der Waals surface area (Å²) in [6.07, 6.45) is 0. The van der Waals surface area contributed by atoms with Gasteiger partial charge in [-0.25, -0.2) is 0 Å². The molecule has 0 saturated carbocycles. The number of thioether (sulfide) groups is 2. The van der Waals surface area contributed by atoms with E-state index in [1.165, 1.54) is 0 Å². The van der Waals surface area contributed by atoms with Gasteiger partial charge in [-0.3, -0.25) is 20.2 Å². The topological polar surface area (TPSA) is 95.5 Å². The molecule has 0 rings (SSSR count). The fraction of sp³-hybridized carbons (Fsp3) is 0.333. The van der Waals surface area contributed by atoms with E-state index >= 15 is 0 Å². The van der Waals surface area contributed by atoms with E-state index in [9.17, 15) is 20.2 Å². The second-order valence-corrected chi connectivity index (χ2v) is 10.3. The van der Waals surface area contributed by atoms with Crippen LogP contribution in [-0.2, 0) is 4.74 Å². The molecule has 0 amide bonds. The van der Waals surface area contributed by atoms with Crippen LogP contribution in [-0.4, -0.2) is 34.6 Å². The van der Waals surface area contributed by atoms with Gasteiger partial charge < -0.3 is 4.74 Å².